The smallest absolute Gasteiger partial charge is 0.326 e. The Morgan fingerprint density at radius 3 is 3.13 bits per heavy atom. The SMILES string of the molecule is O=C(O)[C@@H]1CCCN1c1nc(Nc2cc[nH]n2)c2cccn2n1. The van der Waals surface area contributed by atoms with Crippen LogP contribution in [0.2, 0.25) is 0 Å². The molecule has 23 heavy (non-hydrogen) atoms. The Kier molecular flexibility index (Phi) is 3.11. The number of fused-ring (bicyclic) bond motifs is 1. The fourth-order valence-corrected chi connectivity index (χ4v) is 2.85. The van der Waals surface area contributed by atoms with Crippen molar-refractivity contribution in [2.24, 2.45) is 0 Å². The van der Waals surface area contributed by atoms with Gasteiger partial charge in [0.25, 0.3) is 0 Å². The first-order valence-corrected chi connectivity index (χ1v) is 7.34. The standard InChI is InChI=1S/C14H15N7O2/c22-13(23)10-4-1-7-20(10)14-17-12(16-11-5-6-15-18-11)9-3-2-8-21(9)19-14/h2-3,5-6,8,10H,1,4,7H2,(H,22,23)(H2,15,16,17,18,19)/t10-/m0/s1. The van der Waals surface area contributed by atoms with Crippen LogP contribution in [0.3, 0.4) is 0 Å². The lowest BCUT2D eigenvalue weighted by Crippen LogP contribution is -2.37. The molecule has 9 heteroatoms. The summed E-state index contributed by atoms with van der Waals surface area (Å²) in [6.45, 7) is 0.631. The van der Waals surface area contributed by atoms with Crippen LogP contribution in [0.25, 0.3) is 5.52 Å². The Morgan fingerprint density at radius 2 is 2.35 bits per heavy atom. The molecule has 0 amide bonds. The van der Waals surface area contributed by atoms with E-state index in [4.69, 9.17) is 0 Å². The molecule has 0 aliphatic carbocycles. The van der Waals surface area contributed by atoms with Gasteiger partial charge in [0.2, 0.25) is 5.95 Å². The van der Waals surface area contributed by atoms with Crippen molar-refractivity contribution < 1.29 is 9.90 Å². The molecule has 0 bridgehead atoms. The van der Waals surface area contributed by atoms with E-state index in [9.17, 15) is 9.90 Å². The van der Waals surface area contributed by atoms with E-state index in [-0.39, 0.29) is 0 Å². The summed E-state index contributed by atoms with van der Waals surface area (Å²) in [5.74, 6) is 0.772. The zero-order valence-corrected chi connectivity index (χ0v) is 12.2. The van der Waals surface area contributed by atoms with E-state index in [2.05, 4.69) is 25.6 Å². The summed E-state index contributed by atoms with van der Waals surface area (Å²) < 4.78 is 1.69. The van der Waals surface area contributed by atoms with Gasteiger partial charge in [-0.3, -0.25) is 5.10 Å². The van der Waals surface area contributed by atoms with Crippen molar-refractivity contribution in [3.63, 3.8) is 0 Å². The lowest BCUT2D eigenvalue weighted by Gasteiger charge is -2.21. The molecule has 4 heterocycles. The topological polar surface area (TPSA) is 111 Å². The van der Waals surface area contributed by atoms with Gasteiger partial charge in [-0.2, -0.15) is 10.1 Å². The summed E-state index contributed by atoms with van der Waals surface area (Å²) in [4.78, 5) is 17.7. The molecule has 3 aromatic heterocycles. The summed E-state index contributed by atoms with van der Waals surface area (Å²) >= 11 is 0. The molecule has 4 rings (SSSR count). The van der Waals surface area contributed by atoms with Gasteiger partial charge in [0, 0.05) is 25.0 Å². The third kappa shape index (κ3) is 2.35. The van der Waals surface area contributed by atoms with Crippen LogP contribution in [0.5, 0.6) is 0 Å². The highest BCUT2D eigenvalue weighted by Gasteiger charge is 2.33. The van der Waals surface area contributed by atoms with Crippen molar-refractivity contribution in [3.8, 4) is 0 Å². The van der Waals surface area contributed by atoms with Crippen LogP contribution in [-0.2, 0) is 4.79 Å². The van der Waals surface area contributed by atoms with E-state index in [1.807, 2.05) is 18.3 Å². The molecule has 118 valence electrons. The van der Waals surface area contributed by atoms with Crippen molar-refractivity contribution in [2.45, 2.75) is 18.9 Å². The predicted molar refractivity (Wildman–Crippen MR) is 82.9 cm³/mol. The molecule has 0 spiro atoms. The van der Waals surface area contributed by atoms with E-state index >= 15 is 0 Å². The second-order valence-electron chi connectivity index (χ2n) is 5.37. The summed E-state index contributed by atoms with van der Waals surface area (Å²) in [6.07, 6.45) is 4.93. The lowest BCUT2D eigenvalue weighted by atomic mass is 10.2. The first kappa shape index (κ1) is 13.6. The van der Waals surface area contributed by atoms with E-state index in [0.717, 1.165) is 11.9 Å². The highest BCUT2D eigenvalue weighted by Crippen LogP contribution is 2.26. The molecule has 1 aliphatic rings. The Morgan fingerprint density at radius 1 is 1.43 bits per heavy atom. The maximum absolute atomic E-state index is 11.4. The number of carboxylic acids is 1. The van der Waals surface area contributed by atoms with Crippen LogP contribution in [0.1, 0.15) is 12.8 Å². The highest BCUT2D eigenvalue weighted by molar-refractivity contribution is 5.79. The quantitative estimate of drug-likeness (QED) is 0.664. The third-order valence-electron chi connectivity index (χ3n) is 3.92. The van der Waals surface area contributed by atoms with Crippen LogP contribution < -0.4 is 10.2 Å². The molecular weight excluding hydrogens is 298 g/mol. The molecule has 1 saturated heterocycles. The van der Waals surface area contributed by atoms with Crippen LogP contribution in [-0.4, -0.2) is 48.5 Å². The zero-order valence-electron chi connectivity index (χ0n) is 12.2. The van der Waals surface area contributed by atoms with Gasteiger partial charge in [0.1, 0.15) is 11.6 Å². The third-order valence-corrected chi connectivity index (χ3v) is 3.92. The predicted octanol–water partition coefficient (Wildman–Crippen LogP) is 1.25. The number of carbonyl (C=O) groups is 1. The molecule has 0 radical (unpaired) electrons. The largest absolute Gasteiger partial charge is 0.480 e. The number of aromatic nitrogens is 5. The van der Waals surface area contributed by atoms with Crippen molar-refractivity contribution >= 4 is 29.1 Å². The van der Waals surface area contributed by atoms with Gasteiger partial charge in [-0.1, -0.05) is 0 Å². The number of hydrogen-bond donors (Lipinski definition) is 3. The molecule has 1 aliphatic heterocycles. The number of rotatable bonds is 4. The summed E-state index contributed by atoms with van der Waals surface area (Å²) in [6, 6.07) is 4.96. The molecular formula is C14H15N7O2. The van der Waals surface area contributed by atoms with Gasteiger partial charge in [-0.25, -0.2) is 9.31 Å². The highest BCUT2D eigenvalue weighted by atomic mass is 16.4. The minimum absolute atomic E-state index is 0.400. The molecule has 3 N–H and O–H groups in total. The lowest BCUT2D eigenvalue weighted by molar-refractivity contribution is -0.138. The number of aliphatic carboxylic acids is 1. The van der Waals surface area contributed by atoms with Crippen molar-refractivity contribution in [3.05, 3.63) is 30.6 Å². The number of hydrogen-bond acceptors (Lipinski definition) is 6. The fourth-order valence-electron chi connectivity index (χ4n) is 2.85. The van der Waals surface area contributed by atoms with E-state index < -0.39 is 12.0 Å². The van der Waals surface area contributed by atoms with Crippen LogP contribution in [0.4, 0.5) is 17.6 Å². The van der Waals surface area contributed by atoms with E-state index in [0.29, 0.717) is 30.5 Å². The van der Waals surface area contributed by atoms with Crippen LogP contribution in [0, 0.1) is 0 Å². The zero-order chi connectivity index (χ0) is 15.8. The first-order chi connectivity index (χ1) is 11.2. The second-order valence-corrected chi connectivity index (χ2v) is 5.37. The van der Waals surface area contributed by atoms with Gasteiger partial charge in [0.15, 0.2) is 11.6 Å². The number of anilines is 3. The summed E-state index contributed by atoms with van der Waals surface area (Å²) in [5.41, 5.74) is 0.794. The van der Waals surface area contributed by atoms with E-state index in [1.54, 1.807) is 21.7 Å². The first-order valence-electron chi connectivity index (χ1n) is 7.34. The summed E-state index contributed by atoms with van der Waals surface area (Å²) in [5, 5.41) is 23.7. The minimum atomic E-state index is -0.847. The number of carboxylic acid groups (broad SMARTS) is 1. The molecule has 1 fully saturated rings. The van der Waals surface area contributed by atoms with Crippen LogP contribution >= 0.6 is 0 Å². The number of nitrogens with zero attached hydrogens (tertiary/aromatic N) is 5. The van der Waals surface area contributed by atoms with Crippen LogP contribution in [0.15, 0.2) is 30.6 Å². The fraction of sp³-hybridized carbons (Fsp3) is 0.286. The second kappa shape index (κ2) is 5.27. The van der Waals surface area contributed by atoms with Crippen molar-refractivity contribution in [1.29, 1.82) is 0 Å². The Balaban J connectivity index is 1.77. The molecule has 0 aromatic carbocycles. The molecule has 9 nitrogen and oxygen atoms in total. The van der Waals surface area contributed by atoms with Gasteiger partial charge in [-0.15, -0.1) is 5.10 Å². The van der Waals surface area contributed by atoms with Gasteiger partial charge in [-0.05, 0) is 25.0 Å². The van der Waals surface area contributed by atoms with Gasteiger partial charge < -0.3 is 15.3 Å². The van der Waals surface area contributed by atoms with Crippen molar-refractivity contribution in [1.82, 2.24) is 24.8 Å². The number of aromatic amines is 1. The maximum Gasteiger partial charge on any atom is 0.326 e. The average molecular weight is 313 g/mol. The Bertz CT molecular complexity index is 842. The molecule has 3 aromatic rings. The van der Waals surface area contributed by atoms with Gasteiger partial charge >= 0.3 is 5.97 Å². The average Bonchev–Trinajstić information content (AvgIpc) is 3.28. The molecule has 1 atom stereocenters. The maximum atomic E-state index is 11.4. The molecule has 0 unspecified atom stereocenters. The van der Waals surface area contributed by atoms with Gasteiger partial charge in [0.05, 0.1) is 0 Å². The Labute approximate surface area is 130 Å². The van der Waals surface area contributed by atoms with Crippen molar-refractivity contribution in [2.75, 3.05) is 16.8 Å². The monoisotopic (exact) mass is 313 g/mol. The number of H-pyrrole nitrogens is 1. The summed E-state index contributed by atoms with van der Waals surface area (Å²) in [7, 11) is 0. The normalized spacial score (nSPS) is 17.7. The van der Waals surface area contributed by atoms with E-state index in [1.165, 1.54) is 0 Å². The Hall–Kier alpha value is -3.10. The number of nitrogens with one attached hydrogen (secondary N) is 2. The minimum Gasteiger partial charge on any atom is -0.480 e. The molecule has 0 saturated carbocycles.